The number of nitrogens with one attached hydrogen (secondary N) is 1. The molecule has 1 N–H and O–H groups in total. The number of carbonyl (C=O) groups excluding carboxylic acids is 1. The Bertz CT molecular complexity index is 885. The molecule has 6 heteroatoms. The van der Waals surface area contributed by atoms with Crippen molar-refractivity contribution in [3.05, 3.63) is 62.9 Å². The van der Waals surface area contributed by atoms with Gasteiger partial charge in [-0.05, 0) is 47.5 Å². The number of hydrogen-bond donors (Lipinski definition) is 1. The van der Waals surface area contributed by atoms with Crippen molar-refractivity contribution in [2.24, 2.45) is 0 Å². The predicted molar refractivity (Wildman–Crippen MR) is 92.7 cm³/mol. The molecule has 0 radical (unpaired) electrons. The van der Waals surface area contributed by atoms with Crippen molar-refractivity contribution >= 4 is 34.7 Å². The van der Waals surface area contributed by atoms with Crippen molar-refractivity contribution in [1.82, 2.24) is 9.78 Å². The van der Waals surface area contributed by atoms with Crippen LogP contribution in [0.25, 0.3) is 5.69 Å². The molecule has 0 saturated heterocycles. The van der Waals surface area contributed by atoms with Crippen LogP contribution < -0.4 is 5.32 Å². The number of halogens is 1. The van der Waals surface area contributed by atoms with Gasteiger partial charge in [-0.15, -0.1) is 0 Å². The van der Waals surface area contributed by atoms with Gasteiger partial charge in [-0.25, -0.2) is 4.68 Å². The van der Waals surface area contributed by atoms with Crippen LogP contribution in [0.2, 0.25) is 5.02 Å². The molecule has 2 aromatic heterocycles. The van der Waals surface area contributed by atoms with Crippen LogP contribution in [-0.2, 0) is 4.79 Å². The molecular weight excluding hydrogens is 330 g/mol. The average Bonchev–Trinajstić information content (AvgIpc) is 3.15. The molecule has 1 aliphatic rings. The third kappa shape index (κ3) is 2.46. The van der Waals surface area contributed by atoms with Gasteiger partial charge in [0.2, 0.25) is 5.91 Å². The first-order chi connectivity index (χ1) is 11.1. The van der Waals surface area contributed by atoms with Gasteiger partial charge >= 0.3 is 0 Å². The number of aryl methyl sites for hydroxylation is 1. The van der Waals surface area contributed by atoms with Crippen LogP contribution in [0.15, 0.2) is 41.1 Å². The van der Waals surface area contributed by atoms with E-state index >= 15 is 0 Å². The summed E-state index contributed by atoms with van der Waals surface area (Å²) in [5.41, 5.74) is 4.02. The summed E-state index contributed by atoms with van der Waals surface area (Å²) >= 11 is 7.74. The van der Waals surface area contributed by atoms with Crippen LogP contribution >= 0.6 is 22.9 Å². The molecular formula is C17H14ClN3OS. The van der Waals surface area contributed by atoms with Gasteiger partial charge < -0.3 is 5.32 Å². The molecule has 1 aromatic carbocycles. The van der Waals surface area contributed by atoms with Crippen molar-refractivity contribution in [2.45, 2.75) is 19.3 Å². The summed E-state index contributed by atoms with van der Waals surface area (Å²) in [6.45, 7) is 1.98. The fourth-order valence-corrected chi connectivity index (χ4v) is 4.00. The highest BCUT2D eigenvalue weighted by Crippen LogP contribution is 2.40. The van der Waals surface area contributed by atoms with Crippen LogP contribution in [-0.4, -0.2) is 15.7 Å². The SMILES string of the molecule is Cc1nn(-c2cccc(Cl)c2)c2c1[C@@H](c1ccsc1)CC(=O)N2. The molecule has 23 heavy (non-hydrogen) atoms. The Balaban J connectivity index is 1.90. The van der Waals surface area contributed by atoms with E-state index in [1.54, 1.807) is 16.0 Å². The Morgan fingerprint density at radius 1 is 1.39 bits per heavy atom. The number of benzene rings is 1. The lowest BCUT2D eigenvalue weighted by Crippen LogP contribution is -2.24. The fourth-order valence-electron chi connectivity index (χ4n) is 3.10. The largest absolute Gasteiger partial charge is 0.310 e. The predicted octanol–water partition coefficient (Wildman–Crippen LogP) is 4.37. The number of amides is 1. The standard InChI is InChI=1S/C17H14ClN3OS/c1-10-16-14(11-5-6-23-9-11)8-15(22)19-17(16)21(20-10)13-4-2-3-12(18)7-13/h2-7,9,14H,8H2,1H3,(H,19,22)/t14-/m1/s1. The van der Waals surface area contributed by atoms with Crippen LogP contribution in [0.3, 0.4) is 0 Å². The summed E-state index contributed by atoms with van der Waals surface area (Å²) in [5, 5.41) is 12.4. The lowest BCUT2D eigenvalue weighted by Gasteiger charge is -2.23. The Kier molecular flexibility index (Phi) is 3.47. The molecule has 0 unspecified atom stereocenters. The van der Waals surface area contributed by atoms with Crippen molar-refractivity contribution in [1.29, 1.82) is 0 Å². The van der Waals surface area contributed by atoms with Crippen LogP contribution in [0.5, 0.6) is 0 Å². The van der Waals surface area contributed by atoms with Crippen molar-refractivity contribution in [2.75, 3.05) is 5.32 Å². The maximum absolute atomic E-state index is 12.2. The first-order valence-electron chi connectivity index (χ1n) is 7.31. The van der Waals surface area contributed by atoms with Crippen molar-refractivity contribution in [3.63, 3.8) is 0 Å². The number of hydrogen-bond acceptors (Lipinski definition) is 3. The maximum Gasteiger partial charge on any atom is 0.226 e. The minimum absolute atomic E-state index is 0.0110. The van der Waals surface area contributed by atoms with E-state index in [-0.39, 0.29) is 11.8 Å². The summed E-state index contributed by atoms with van der Waals surface area (Å²) in [4.78, 5) is 12.2. The van der Waals surface area contributed by atoms with Crippen molar-refractivity contribution < 1.29 is 4.79 Å². The van der Waals surface area contributed by atoms with Gasteiger partial charge in [0.25, 0.3) is 0 Å². The van der Waals surface area contributed by atoms with Gasteiger partial charge in [0, 0.05) is 22.9 Å². The molecule has 4 nitrogen and oxygen atoms in total. The summed E-state index contributed by atoms with van der Waals surface area (Å²) in [6.07, 6.45) is 0.450. The summed E-state index contributed by atoms with van der Waals surface area (Å²) in [5.74, 6) is 0.812. The summed E-state index contributed by atoms with van der Waals surface area (Å²) in [7, 11) is 0. The van der Waals surface area contributed by atoms with Gasteiger partial charge in [0.15, 0.2) is 0 Å². The topological polar surface area (TPSA) is 46.9 Å². The normalized spacial score (nSPS) is 17.0. The van der Waals surface area contributed by atoms with E-state index in [1.165, 1.54) is 5.56 Å². The second-order valence-electron chi connectivity index (χ2n) is 5.60. The van der Waals surface area contributed by atoms with Crippen LogP contribution in [0, 0.1) is 6.92 Å². The number of fused-ring (bicyclic) bond motifs is 1. The second-order valence-corrected chi connectivity index (χ2v) is 6.82. The highest BCUT2D eigenvalue weighted by atomic mass is 35.5. The van der Waals surface area contributed by atoms with E-state index in [0.717, 1.165) is 22.8 Å². The van der Waals surface area contributed by atoms with E-state index in [2.05, 4.69) is 21.9 Å². The summed E-state index contributed by atoms with van der Waals surface area (Å²) < 4.78 is 1.77. The number of rotatable bonds is 2. The molecule has 0 bridgehead atoms. The van der Waals surface area contributed by atoms with Gasteiger partial charge in [0.05, 0.1) is 11.4 Å². The van der Waals surface area contributed by atoms with Gasteiger partial charge in [-0.2, -0.15) is 16.4 Å². The fraction of sp³-hybridized carbons (Fsp3) is 0.176. The number of anilines is 1. The first-order valence-corrected chi connectivity index (χ1v) is 8.63. The number of nitrogens with zero attached hydrogens (tertiary/aromatic N) is 2. The first kappa shape index (κ1) is 14.5. The van der Waals surface area contributed by atoms with E-state index < -0.39 is 0 Å². The molecule has 0 spiro atoms. The van der Waals surface area contributed by atoms with Crippen LogP contribution in [0.1, 0.15) is 29.2 Å². The molecule has 3 aromatic rings. The molecule has 0 saturated carbocycles. The van der Waals surface area contributed by atoms with Gasteiger partial charge in [0.1, 0.15) is 5.82 Å². The van der Waals surface area contributed by atoms with E-state index in [1.807, 2.05) is 36.6 Å². The van der Waals surface area contributed by atoms with E-state index in [4.69, 9.17) is 11.6 Å². The molecule has 1 amide bonds. The monoisotopic (exact) mass is 343 g/mol. The van der Waals surface area contributed by atoms with Crippen LogP contribution in [0.4, 0.5) is 5.82 Å². The van der Waals surface area contributed by atoms with Gasteiger partial charge in [-0.3, -0.25) is 4.79 Å². The second kappa shape index (κ2) is 5.51. The molecule has 0 fully saturated rings. The minimum Gasteiger partial charge on any atom is -0.310 e. The minimum atomic E-state index is 0.0110. The number of carbonyl (C=O) groups is 1. The maximum atomic E-state index is 12.2. The van der Waals surface area contributed by atoms with Gasteiger partial charge in [-0.1, -0.05) is 17.7 Å². The average molecular weight is 344 g/mol. The third-order valence-corrected chi connectivity index (χ3v) is 5.04. The summed E-state index contributed by atoms with van der Waals surface area (Å²) in [6, 6.07) is 9.55. The molecule has 1 atom stereocenters. The highest BCUT2D eigenvalue weighted by molar-refractivity contribution is 7.08. The lowest BCUT2D eigenvalue weighted by atomic mass is 9.87. The highest BCUT2D eigenvalue weighted by Gasteiger charge is 2.32. The number of aromatic nitrogens is 2. The molecule has 4 rings (SSSR count). The molecule has 1 aliphatic heterocycles. The van der Waals surface area contributed by atoms with E-state index in [0.29, 0.717) is 11.4 Å². The lowest BCUT2D eigenvalue weighted by molar-refractivity contribution is -0.116. The van der Waals surface area contributed by atoms with Crippen molar-refractivity contribution in [3.8, 4) is 5.69 Å². The Hall–Kier alpha value is -2.11. The Morgan fingerprint density at radius 3 is 3.00 bits per heavy atom. The quantitative estimate of drug-likeness (QED) is 0.751. The smallest absolute Gasteiger partial charge is 0.226 e. The zero-order valence-corrected chi connectivity index (χ0v) is 14.0. The zero-order valence-electron chi connectivity index (χ0n) is 12.4. The zero-order chi connectivity index (χ0) is 16.0. The Morgan fingerprint density at radius 2 is 2.26 bits per heavy atom. The molecule has 116 valence electrons. The molecule has 0 aliphatic carbocycles. The third-order valence-electron chi connectivity index (χ3n) is 4.10. The number of thiophene rings is 1. The van der Waals surface area contributed by atoms with E-state index in [9.17, 15) is 4.79 Å². The molecule has 3 heterocycles. The Labute approximate surface area is 142 Å².